The summed E-state index contributed by atoms with van der Waals surface area (Å²) in [4.78, 5) is 39.5. The molecule has 1 aliphatic carbocycles. The van der Waals surface area contributed by atoms with E-state index >= 15 is 0 Å². The highest BCUT2D eigenvalue weighted by Crippen LogP contribution is 2.33. The van der Waals surface area contributed by atoms with Crippen LogP contribution in [0.5, 0.6) is 0 Å². The maximum Gasteiger partial charge on any atom is 0.255 e. The molecule has 2 amide bonds. The molecule has 0 bridgehead atoms. The standard InChI is InChI=1S/C21H19FN2O3/c22-14-5-3-13(4-6-14)20(26)23-17-9-7-16(15-8-10-18(25)19(15)17)21(27)24-11-1-2-12-24/h3-7,9H,1-2,8,10-12H2,(H,23,26). The van der Waals surface area contributed by atoms with E-state index in [1.165, 1.54) is 24.3 Å². The molecule has 0 saturated carbocycles. The Kier molecular flexibility index (Phi) is 4.48. The highest BCUT2D eigenvalue weighted by atomic mass is 19.1. The molecule has 2 aromatic rings. The van der Waals surface area contributed by atoms with Crippen LogP contribution in [0.25, 0.3) is 0 Å². The number of ketones is 1. The van der Waals surface area contributed by atoms with Gasteiger partial charge in [0.15, 0.2) is 5.78 Å². The third kappa shape index (κ3) is 3.23. The van der Waals surface area contributed by atoms with Crippen LogP contribution in [0.3, 0.4) is 0 Å². The van der Waals surface area contributed by atoms with Gasteiger partial charge in [-0.1, -0.05) is 0 Å². The number of carbonyl (C=O) groups is 3. The largest absolute Gasteiger partial charge is 0.339 e. The van der Waals surface area contributed by atoms with E-state index in [1.807, 2.05) is 4.90 Å². The number of nitrogens with one attached hydrogen (secondary N) is 1. The summed E-state index contributed by atoms with van der Waals surface area (Å²) < 4.78 is 13.0. The van der Waals surface area contributed by atoms with E-state index in [2.05, 4.69) is 5.32 Å². The zero-order valence-corrected chi connectivity index (χ0v) is 14.8. The first-order valence-corrected chi connectivity index (χ1v) is 9.10. The van der Waals surface area contributed by atoms with Gasteiger partial charge in [0.1, 0.15) is 5.82 Å². The fraction of sp³-hybridized carbons (Fsp3) is 0.286. The number of hydrogen-bond donors (Lipinski definition) is 1. The first kappa shape index (κ1) is 17.4. The van der Waals surface area contributed by atoms with Crippen LogP contribution in [0.15, 0.2) is 36.4 Å². The number of carbonyl (C=O) groups excluding carboxylic acids is 3. The molecule has 1 fully saturated rings. The Morgan fingerprint density at radius 2 is 1.67 bits per heavy atom. The smallest absolute Gasteiger partial charge is 0.255 e. The second-order valence-corrected chi connectivity index (χ2v) is 6.90. The van der Waals surface area contributed by atoms with E-state index in [0.717, 1.165) is 25.9 Å². The fourth-order valence-electron chi connectivity index (χ4n) is 3.78. The minimum Gasteiger partial charge on any atom is -0.339 e. The van der Waals surface area contributed by atoms with Crippen molar-refractivity contribution in [1.29, 1.82) is 0 Å². The molecule has 0 radical (unpaired) electrons. The monoisotopic (exact) mass is 366 g/mol. The third-order valence-electron chi connectivity index (χ3n) is 5.17. The molecular formula is C21H19FN2O3. The first-order valence-electron chi connectivity index (χ1n) is 9.10. The Labute approximate surface area is 156 Å². The van der Waals surface area contributed by atoms with Gasteiger partial charge in [-0.15, -0.1) is 0 Å². The van der Waals surface area contributed by atoms with Crippen LogP contribution in [0.4, 0.5) is 10.1 Å². The van der Waals surface area contributed by atoms with Gasteiger partial charge < -0.3 is 10.2 Å². The van der Waals surface area contributed by atoms with Gasteiger partial charge in [-0.2, -0.15) is 0 Å². The molecule has 0 atom stereocenters. The number of Topliss-reactive ketones (excluding diaryl/α,β-unsaturated/α-hetero) is 1. The van der Waals surface area contributed by atoms with E-state index in [9.17, 15) is 18.8 Å². The fourth-order valence-corrected chi connectivity index (χ4v) is 3.78. The quantitative estimate of drug-likeness (QED) is 0.905. The van der Waals surface area contributed by atoms with Crippen LogP contribution in [-0.2, 0) is 6.42 Å². The van der Waals surface area contributed by atoms with Crippen molar-refractivity contribution in [1.82, 2.24) is 4.90 Å². The first-order chi connectivity index (χ1) is 13.0. The zero-order valence-electron chi connectivity index (χ0n) is 14.8. The number of rotatable bonds is 3. The van der Waals surface area contributed by atoms with Crippen molar-refractivity contribution < 1.29 is 18.8 Å². The molecule has 0 unspecified atom stereocenters. The van der Waals surface area contributed by atoms with E-state index in [1.54, 1.807) is 12.1 Å². The summed E-state index contributed by atoms with van der Waals surface area (Å²) in [6.45, 7) is 1.48. The van der Waals surface area contributed by atoms with Gasteiger partial charge in [-0.05, 0) is 61.2 Å². The van der Waals surface area contributed by atoms with Crippen molar-refractivity contribution >= 4 is 23.3 Å². The van der Waals surface area contributed by atoms with Crippen molar-refractivity contribution in [3.63, 3.8) is 0 Å². The summed E-state index contributed by atoms with van der Waals surface area (Å²) in [5.41, 5.74) is 2.40. The topological polar surface area (TPSA) is 66.5 Å². The summed E-state index contributed by atoms with van der Waals surface area (Å²) in [5.74, 6) is -0.965. The lowest BCUT2D eigenvalue weighted by atomic mass is 10.00. The minimum atomic E-state index is -0.424. The number of nitrogens with zero attached hydrogens (tertiary/aromatic N) is 1. The maximum atomic E-state index is 13.0. The Morgan fingerprint density at radius 3 is 2.37 bits per heavy atom. The molecule has 1 heterocycles. The van der Waals surface area contributed by atoms with Crippen molar-refractivity contribution in [2.75, 3.05) is 18.4 Å². The van der Waals surface area contributed by atoms with Gasteiger partial charge in [0, 0.05) is 36.2 Å². The normalized spacial score (nSPS) is 15.7. The highest BCUT2D eigenvalue weighted by Gasteiger charge is 2.30. The second-order valence-electron chi connectivity index (χ2n) is 6.90. The number of likely N-dealkylation sites (tertiary alicyclic amines) is 1. The average Bonchev–Trinajstić information content (AvgIpc) is 3.33. The van der Waals surface area contributed by atoms with Crippen LogP contribution < -0.4 is 5.32 Å². The van der Waals surface area contributed by atoms with E-state index in [0.29, 0.717) is 40.8 Å². The molecule has 4 rings (SSSR count). The number of halogens is 1. The molecule has 138 valence electrons. The molecule has 0 spiro atoms. The lowest BCUT2D eigenvalue weighted by molar-refractivity contribution is 0.0791. The van der Waals surface area contributed by atoms with Crippen molar-refractivity contribution in [2.45, 2.75) is 25.7 Å². The van der Waals surface area contributed by atoms with Gasteiger partial charge in [-0.3, -0.25) is 14.4 Å². The van der Waals surface area contributed by atoms with E-state index < -0.39 is 11.7 Å². The van der Waals surface area contributed by atoms with Crippen LogP contribution >= 0.6 is 0 Å². The molecule has 0 aromatic heterocycles. The molecule has 2 aliphatic rings. The number of fused-ring (bicyclic) bond motifs is 1. The average molecular weight is 366 g/mol. The Balaban J connectivity index is 1.65. The molecule has 27 heavy (non-hydrogen) atoms. The number of hydrogen-bond acceptors (Lipinski definition) is 3. The summed E-state index contributed by atoms with van der Waals surface area (Å²) >= 11 is 0. The predicted molar refractivity (Wildman–Crippen MR) is 98.6 cm³/mol. The van der Waals surface area contributed by atoms with Gasteiger partial charge in [0.05, 0.1) is 5.69 Å². The van der Waals surface area contributed by atoms with Gasteiger partial charge in [0.25, 0.3) is 11.8 Å². The predicted octanol–water partition coefficient (Wildman–Crippen LogP) is 3.44. The lowest BCUT2D eigenvalue weighted by Gasteiger charge is -2.18. The molecular weight excluding hydrogens is 347 g/mol. The van der Waals surface area contributed by atoms with Crippen molar-refractivity contribution in [3.05, 3.63) is 64.5 Å². The van der Waals surface area contributed by atoms with Gasteiger partial charge in [-0.25, -0.2) is 4.39 Å². The molecule has 5 nitrogen and oxygen atoms in total. The van der Waals surface area contributed by atoms with Crippen molar-refractivity contribution in [3.8, 4) is 0 Å². The summed E-state index contributed by atoms with van der Waals surface area (Å²) in [6, 6.07) is 8.51. The number of benzene rings is 2. The molecule has 1 aliphatic heterocycles. The third-order valence-corrected chi connectivity index (χ3v) is 5.17. The Bertz CT molecular complexity index is 931. The van der Waals surface area contributed by atoms with Gasteiger partial charge in [0.2, 0.25) is 0 Å². The zero-order chi connectivity index (χ0) is 19.0. The maximum absolute atomic E-state index is 13.0. The molecule has 1 saturated heterocycles. The van der Waals surface area contributed by atoms with Gasteiger partial charge >= 0.3 is 0 Å². The second kappa shape index (κ2) is 6.95. The SMILES string of the molecule is O=C(Nc1ccc(C(=O)N2CCCC2)c2c1C(=O)CC2)c1ccc(F)cc1. The number of anilines is 1. The van der Waals surface area contributed by atoms with Crippen molar-refractivity contribution in [2.24, 2.45) is 0 Å². The minimum absolute atomic E-state index is 0.0464. The summed E-state index contributed by atoms with van der Waals surface area (Å²) in [7, 11) is 0. The highest BCUT2D eigenvalue weighted by molar-refractivity contribution is 6.13. The van der Waals surface area contributed by atoms with E-state index in [-0.39, 0.29) is 11.7 Å². The Morgan fingerprint density at radius 1 is 0.963 bits per heavy atom. The summed E-state index contributed by atoms with van der Waals surface area (Å²) in [5, 5.41) is 2.74. The summed E-state index contributed by atoms with van der Waals surface area (Å²) in [6.07, 6.45) is 2.83. The van der Waals surface area contributed by atoms with Crippen LogP contribution in [0, 0.1) is 5.82 Å². The van der Waals surface area contributed by atoms with E-state index in [4.69, 9.17) is 0 Å². The van der Waals surface area contributed by atoms with Crippen LogP contribution in [0.2, 0.25) is 0 Å². The molecule has 1 N–H and O–H groups in total. The van der Waals surface area contributed by atoms with Crippen LogP contribution in [-0.4, -0.2) is 35.6 Å². The molecule has 6 heteroatoms. The number of amides is 2. The molecule has 2 aromatic carbocycles. The lowest BCUT2D eigenvalue weighted by Crippen LogP contribution is -2.28. The van der Waals surface area contributed by atoms with Crippen LogP contribution in [0.1, 0.15) is 55.9 Å². The Hall–Kier alpha value is -3.02.